The van der Waals surface area contributed by atoms with E-state index in [-0.39, 0.29) is 11.8 Å². The number of carbonyl (C=O) groups is 2. The van der Waals surface area contributed by atoms with Gasteiger partial charge in [-0.05, 0) is 49.3 Å². The van der Waals surface area contributed by atoms with Crippen molar-refractivity contribution in [2.24, 2.45) is 17.8 Å². The van der Waals surface area contributed by atoms with Gasteiger partial charge in [-0.15, -0.1) is 0 Å². The van der Waals surface area contributed by atoms with Gasteiger partial charge in [0.15, 0.2) is 0 Å². The number of ether oxygens (including phenoxy) is 1. The molecule has 2 fully saturated rings. The van der Waals surface area contributed by atoms with Gasteiger partial charge in [-0.2, -0.15) is 0 Å². The van der Waals surface area contributed by atoms with Crippen LogP contribution in [0.3, 0.4) is 0 Å². The average molecular weight is 323 g/mol. The first kappa shape index (κ1) is 15.2. The third-order valence-corrected chi connectivity index (χ3v) is 5.02. The summed E-state index contributed by atoms with van der Waals surface area (Å²) in [6, 6.07) is 4.74. The Morgan fingerprint density at radius 1 is 1.23 bits per heavy atom. The highest BCUT2D eigenvalue weighted by Gasteiger charge is 2.43. The second-order valence-corrected chi connectivity index (χ2v) is 6.51. The van der Waals surface area contributed by atoms with E-state index < -0.39 is 5.91 Å². The summed E-state index contributed by atoms with van der Waals surface area (Å²) in [5, 5.41) is 0.486. The van der Waals surface area contributed by atoms with E-state index in [4.69, 9.17) is 16.3 Å². The van der Waals surface area contributed by atoms with Crippen LogP contribution in [0.2, 0.25) is 5.02 Å². The van der Waals surface area contributed by atoms with Crippen LogP contribution >= 0.6 is 11.6 Å². The van der Waals surface area contributed by atoms with Gasteiger partial charge in [-0.1, -0.05) is 18.0 Å². The number of hydrogen-bond acceptors (Lipinski definition) is 3. The number of halogens is 1. The van der Waals surface area contributed by atoms with Crippen molar-refractivity contribution >= 4 is 23.4 Å². The SMILES string of the molecule is COc1cc(Cl)ccc1C(=O)NNC(=O)C1CC2CCC1C2. The number of fused-ring (bicyclic) bond motifs is 2. The first-order chi connectivity index (χ1) is 10.6. The highest BCUT2D eigenvalue weighted by atomic mass is 35.5. The molecule has 5 nitrogen and oxygen atoms in total. The topological polar surface area (TPSA) is 67.4 Å². The molecule has 2 amide bonds. The highest BCUT2D eigenvalue weighted by Crippen LogP contribution is 2.48. The molecule has 2 aliphatic carbocycles. The molecule has 6 heteroatoms. The third kappa shape index (κ3) is 2.90. The van der Waals surface area contributed by atoms with Crippen molar-refractivity contribution in [3.8, 4) is 5.75 Å². The van der Waals surface area contributed by atoms with Crippen LogP contribution in [0.4, 0.5) is 0 Å². The average Bonchev–Trinajstić information content (AvgIpc) is 3.15. The Morgan fingerprint density at radius 3 is 2.68 bits per heavy atom. The van der Waals surface area contributed by atoms with Crippen molar-refractivity contribution in [1.29, 1.82) is 0 Å². The number of carbonyl (C=O) groups excluding carboxylic acids is 2. The van der Waals surface area contributed by atoms with E-state index >= 15 is 0 Å². The molecule has 0 aromatic heterocycles. The fourth-order valence-electron chi connectivity index (χ4n) is 3.70. The molecule has 2 bridgehead atoms. The molecule has 0 spiro atoms. The van der Waals surface area contributed by atoms with E-state index in [9.17, 15) is 9.59 Å². The number of amides is 2. The van der Waals surface area contributed by atoms with Crippen molar-refractivity contribution < 1.29 is 14.3 Å². The summed E-state index contributed by atoms with van der Waals surface area (Å²) in [6.07, 6.45) is 4.46. The maximum atomic E-state index is 12.2. The summed E-state index contributed by atoms with van der Waals surface area (Å²) in [5.74, 6) is 1.07. The molecule has 3 rings (SSSR count). The quantitative estimate of drug-likeness (QED) is 0.840. The fourth-order valence-corrected chi connectivity index (χ4v) is 3.86. The van der Waals surface area contributed by atoms with Crippen molar-refractivity contribution in [2.45, 2.75) is 25.7 Å². The van der Waals surface area contributed by atoms with Gasteiger partial charge in [0.1, 0.15) is 5.75 Å². The van der Waals surface area contributed by atoms with Crippen LogP contribution in [0.1, 0.15) is 36.0 Å². The molecule has 0 heterocycles. The minimum absolute atomic E-state index is 0.0335. The Hall–Kier alpha value is -1.75. The molecule has 1 aromatic carbocycles. The van der Waals surface area contributed by atoms with Gasteiger partial charge in [-0.3, -0.25) is 20.4 Å². The molecule has 0 radical (unpaired) electrons. The van der Waals surface area contributed by atoms with Gasteiger partial charge in [0.25, 0.3) is 5.91 Å². The monoisotopic (exact) mass is 322 g/mol. The summed E-state index contributed by atoms with van der Waals surface area (Å²) in [7, 11) is 1.47. The van der Waals surface area contributed by atoms with Crippen LogP contribution in [-0.4, -0.2) is 18.9 Å². The predicted molar refractivity (Wildman–Crippen MR) is 82.6 cm³/mol. The summed E-state index contributed by atoms with van der Waals surface area (Å²) in [5.41, 5.74) is 5.35. The zero-order valence-electron chi connectivity index (χ0n) is 12.4. The van der Waals surface area contributed by atoms with E-state index in [0.29, 0.717) is 28.2 Å². The fraction of sp³-hybridized carbons (Fsp3) is 0.500. The van der Waals surface area contributed by atoms with E-state index in [1.807, 2.05) is 0 Å². The number of methoxy groups -OCH3 is 1. The molecule has 118 valence electrons. The lowest BCUT2D eigenvalue weighted by molar-refractivity contribution is -0.127. The van der Waals surface area contributed by atoms with Crippen LogP contribution in [0.15, 0.2) is 18.2 Å². The molecule has 2 saturated carbocycles. The number of hydrogen-bond donors (Lipinski definition) is 2. The number of hydrazine groups is 1. The normalized spacial score (nSPS) is 25.8. The first-order valence-electron chi connectivity index (χ1n) is 7.52. The lowest BCUT2D eigenvalue weighted by Crippen LogP contribution is -2.45. The Balaban J connectivity index is 1.59. The van der Waals surface area contributed by atoms with Crippen LogP contribution < -0.4 is 15.6 Å². The molecular weight excluding hydrogens is 304 g/mol. The minimum atomic E-state index is -0.412. The smallest absolute Gasteiger partial charge is 0.273 e. The Labute approximate surface area is 134 Å². The summed E-state index contributed by atoms with van der Waals surface area (Å²) >= 11 is 5.87. The van der Waals surface area contributed by atoms with Crippen LogP contribution in [0.5, 0.6) is 5.75 Å². The Bertz CT molecular complexity index is 605. The van der Waals surface area contributed by atoms with E-state index in [2.05, 4.69) is 10.9 Å². The van der Waals surface area contributed by atoms with Gasteiger partial charge in [0, 0.05) is 10.9 Å². The molecule has 22 heavy (non-hydrogen) atoms. The second-order valence-electron chi connectivity index (χ2n) is 6.07. The second kappa shape index (κ2) is 6.16. The van der Waals surface area contributed by atoms with Crippen molar-refractivity contribution in [2.75, 3.05) is 7.11 Å². The lowest BCUT2D eigenvalue weighted by Gasteiger charge is -2.21. The summed E-state index contributed by atoms with van der Waals surface area (Å²) in [6.45, 7) is 0. The molecule has 3 unspecified atom stereocenters. The zero-order chi connectivity index (χ0) is 15.7. The maximum absolute atomic E-state index is 12.2. The largest absolute Gasteiger partial charge is 0.496 e. The zero-order valence-corrected chi connectivity index (χ0v) is 13.2. The van der Waals surface area contributed by atoms with Crippen molar-refractivity contribution in [3.63, 3.8) is 0 Å². The third-order valence-electron chi connectivity index (χ3n) is 4.78. The minimum Gasteiger partial charge on any atom is -0.496 e. The van der Waals surface area contributed by atoms with Gasteiger partial charge >= 0.3 is 0 Å². The first-order valence-corrected chi connectivity index (χ1v) is 7.90. The predicted octanol–water partition coefficient (Wildman–Crippen LogP) is 2.55. The van der Waals surface area contributed by atoms with E-state index in [1.165, 1.54) is 13.5 Å². The Kier molecular flexibility index (Phi) is 4.25. The van der Waals surface area contributed by atoms with Gasteiger partial charge in [0.05, 0.1) is 12.7 Å². The van der Waals surface area contributed by atoms with Crippen LogP contribution in [-0.2, 0) is 4.79 Å². The molecule has 2 aliphatic rings. The van der Waals surface area contributed by atoms with Gasteiger partial charge in [-0.25, -0.2) is 0 Å². The van der Waals surface area contributed by atoms with E-state index in [0.717, 1.165) is 19.3 Å². The van der Waals surface area contributed by atoms with Crippen molar-refractivity contribution in [1.82, 2.24) is 10.9 Å². The molecule has 0 saturated heterocycles. The molecule has 0 aliphatic heterocycles. The summed E-state index contributed by atoms with van der Waals surface area (Å²) < 4.78 is 5.14. The van der Waals surface area contributed by atoms with Gasteiger partial charge < -0.3 is 4.74 Å². The van der Waals surface area contributed by atoms with Crippen LogP contribution in [0.25, 0.3) is 0 Å². The summed E-state index contributed by atoms with van der Waals surface area (Å²) in [4.78, 5) is 24.4. The van der Waals surface area contributed by atoms with Crippen LogP contribution in [0, 0.1) is 17.8 Å². The molecular formula is C16H19ClN2O3. The molecule has 2 N–H and O–H groups in total. The molecule has 3 atom stereocenters. The molecule has 1 aromatic rings. The van der Waals surface area contributed by atoms with Gasteiger partial charge in [0.2, 0.25) is 5.91 Å². The highest BCUT2D eigenvalue weighted by molar-refractivity contribution is 6.30. The lowest BCUT2D eigenvalue weighted by atomic mass is 9.88. The number of rotatable bonds is 3. The van der Waals surface area contributed by atoms with Crippen molar-refractivity contribution in [3.05, 3.63) is 28.8 Å². The maximum Gasteiger partial charge on any atom is 0.273 e. The standard InChI is InChI=1S/C16H19ClN2O3/c1-22-14-8-11(17)4-5-12(14)15(20)18-19-16(21)13-7-9-2-3-10(13)6-9/h4-5,8-10,13H,2-3,6-7H2,1H3,(H,18,20)(H,19,21). The Morgan fingerprint density at radius 2 is 2.05 bits per heavy atom. The number of benzene rings is 1. The number of nitrogens with one attached hydrogen (secondary N) is 2. The van der Waals surface area contributed by atoms with E-state index in [1.54, 1.807) is 18.2 Å².